The van der Waals surface area contributed by atoms with Crippen LogP contribution in [-0.2, 0) is 0 Å². The van der Waals surface area contributed by atoms with Crippen molar-refractivity contribution in [2.45, 2.75) is 11.8 Å². The Morgan fingerprint density at radius 3 is 2.47 bits per heavy atom. The second kappa shape index (κ2) is 6.29. The molecule has 0 saturated carbocycles. The highest BCUT2D eigenvalue weighted by Crippen LogP contribution is 2.44. The lowest BCUT2D eigenvalue weighted by molar-refractivity contribution is 0.406. The first kappa shape index (κ1) is 14.9. The second-order valence-electron chi connectivity index (χ2n) is 4.06. The van der Waals surface area contributed by atoms with Crippen LogP contribution in [0.5, 0.6) is 11.5 Å². The van der Waals surface area contributed by atoms with Crippen LogP contribution >= 0.6 is 43.2 Å². The van der Waals surface area contributed by atoms with Gasteiger partial charge in [-0.25, -0.2) is 0 Å². The maximum Gasteiger partial charge on any atom is 0.134 e. The molecule has 2 aromatic rings. The number of hydrogen-bond donors (Lipinski definition) is 0. The van der Waals surface area contributed by atoms with E-state index in [-0.39, 0.29) is 4.83 Å². The van der Waals surface area contributed by atoms with Gasteiger partial charge in [-0.2, -0.15) is 0 Å². The number of alkyl halides is 1. The van der Waals surface area contributed by atoms with E-state index in [0.717, 1.165) is 32.0 Å². The van der Waals surface area contributed by atoms with Crippen LogP contribution in [0.25, 0.3) is 0 Å². The molecule has 1 unspecified atom stereocenters. The molecule has 1 aromatic heterocycles. The molecule has 5 heteroatoms. The minimum atomic E-state index is 0.0503. The van der Waals surface area contributed by atoms with E-state index < -0.39 is 0 Å². The number of methoxy groups -OCH3 is 2. The Hall–Kier alpha value is -0.520. The molecule has 0 saturated heterocycles. The second-order valence-corrected chi connectivity index (χ2v) is 6.78. The lowest BCUT2D eigenvalue weighted by Gasteiger charge is -2.16. The molecule has 0 aliphatic carbocycles. The Morgan fingerprint density at radius 2 is 1.84 bits per heavy atom. The van der Waals surface area contributed by atoms with E-state index in [4.69, 9.17) is 9.47 Å². The summed E-state index contributed by atoms with van der Waals surface area (Å²) in [5, 5.41) is 2.03. The number of rotatable bonds is 4. The van der Waals surface area contributed by atoms with Crippen molar-refractivity contribution in [1.82, 2.24) is 0 Å². The van der Waals surface area contributed by atoms with Gasteiger partial charge in [-0.05, 0) is 36.1 Å². The van der Waals surface area contributed by atoms with E-state index in [2.05, 4.69) is 37.9 Å². The van der Waals surface area contributed by atoms with Crippen molar-refractivity contribution in [3.8, 4) is 11.5 Å². The van der Waals surface area contributed by atoms with Crippen molar-refractivity contribution in [3.05, 3.63) is 44.1 Å². The summed E-state index contributed by atoms with van der Waals surface area (Å²) in [5.74, 6) is 1.77. The zero-order valence-corrected chi connectivity index (χ0v) is 14.9. The summed E-state index contributed by atoms with van der Waals surface area (Å²) in [5.41, 5.74) is 2.24. The molecule has 0 radical (unpaired) electrons. The highest BCUT2D eigenvalue weighted by Gasteiger charge is 2.21. The number of halogens is 2. The summed E-state index contributed by atoms with van der Waals surface area (Å²) in [7, 11) is 3.38. The Bertz CT molecular complexity index is 581. The van der Waals surface area contributed by atoms with Gasteiger partial charge in [0.2, 0.25) is 0 Å². The third-order valence-corrected chi connectivity index (χ3v) is 5.96. The van der Waals surface area contributed by atoms with E-state index >= 15 is 0 Å². The minimum absolute atomic E-state index is 0.0503. The van der Waals surface area contributed by atoms with Crippen LogP contribution < -0.4 is 9.47 Å². The van der Waals surface area contributed by atoms with Crippen molar-refractivity contribution >= 4 is 43.2 Å². The number of thiophene rings is 1. The Morgan fingerprint density at radius 1 is 1.16 bits per heavy atom. The quantitative estimate of drug-likeness (QED) is 0.640. The molecular weight excluding hydrogens is 392 g/mol. The summed E-state index contributed by atoms with van der Waals surface area (Å²) >= 11 is 8.98. The van der Waals surface area contributed by atoms with E-state index in [1.54, 1.807) is 25.6 Å². The molecule has 0 spiro atoms. The molecule has 102 valence electrons. The van der Waals surface area contributed by atoms with E-state index in [1.807, 2.05) is 24.4 Å². The zero-order chi connectivity index (χ0) is 14.0. The minimum Gasteiger partial charge on any atom is -0.496 e. The molecule has 0 amide bonds. The van der Waals surface area contributed by atoms with Gasteiger partial charge in [-0.15, -0.1) is 11.3 Å². The predicted octanol–water partition coefficient (Wildman–Crippen LogP) is 5.32. The molecule has 0 N–H and O–H groups in total. The average Bonchev–Trinajstić information content (AvgIpc) is 2.88. The van der Waals surface area contributed by atoms with Crippen molar-refractivity contribution in [1.29, 1.82) is 0 Å². The normalized spacial score (nSPS) is 12.3. The van der Waals surface area contributed by atoms with E-state index in [1.165, 1.54) is 0 Å². The van der Waals surface area contributed by atoms with Crippen molar-refractivity contribution in [3.63, 3.8) is 0 Å². The van der Waals surface area contributed by atoms with Crippen molar-refractivity contribution < 1.29 is 9.47 Å². The summed E-state index contributed by atoms with van der Waals surface area (Å²) < 4.78 is 11.9. The third kappa shape index (κ3) is 2.98. The average molecular weight is 406 g/mol. The first-order valence-electron chi connectivity index (χ1n) is 5.68. The highest BCUT2D eigenvalue weighted by molar-refractivity contribution is 9.10. The van der Waals surface area contributed by atoms with E-state index in [0.29, 0.717) is 0 Å². The SMILES string of the molecule is COc1cc(C)c(Br)cc1C(Br)c1sccc1OC. The molecule has 0 bridgehead atoms. The molecular formula is C14H14Br2O2S. The number of aryl methyl sites for hydroxylation is 1. The van der Waals surface area contributed by atoms with Gasteiger partial charge in [-0.3, -0.25) is 0 Å². The van der Waals surface area contributed by atoms with Gasteiger partial charge in [0.15, 0.2) is 0 Å². The van der Waals surface area contributed by atoms with Gasteiger partial charge in [-0.1, -0.05) is 31.9 Å². The van der Waals surface area contributed by atoms with Gasteiger partial charge in [0.25, 0.3) is 0 Å². The summed E-state index contributed by atoms with van der Waals surface area (Å²) in [6.45, 7) is 2.05. The molecule has 2 nitrogen and oxygen atoms in total. The van der Waals surface area contributed by atoms with Crippen LogP contribution in [0.1, 0.15) is 20.8 Å². The predicted molar refractivity (Wildman–Crippen MR) is 87.1 cm³/mol. The standard InChI is InChI=1S/C14H14Br2O2S/c1-8-6-12(18-3)9(7-10(8)15)13(16)14-11(17-2)4-5-19-14/h4-7,13H,1-3H3. The van der Waals surface area contributed by atoms with Gasteiger partial charge >= 0.3 is 0 Å². The molecule has 19 heavy (non-hydrogen) atoms. The fourth-order valence-electron chi connectivity index (χ4n) is 1.85. The molecule has 2 rings (SSSR count). The summed E-state index contributed by atoms with van der Waals surface area (Å²) in [6.07, 6.45) is 0. The van der Waals surface area contributed by atoms with E-state index in [9.17, 15) is 0 Å². The molecule has 1 aromatic carbocycles. The smallest absolute Gasteiger partial charge is 0.134 e. The lowest BCUT2D eigenvalue weighted by atomic mass is 10.1. The van der Waals surface area contributed by atoms with Gasteiger partial charge < -0.3 is 9.47 Å². The van der Waals surface area contributed by atoms with Gasteiger partial charge in [0.1, 0.15) is 11.5 Å². The Labute approximate surface area is 134 Å². The summed E-state index contributed by atoms with van der Waals surface area (Å²) in [6, 6.07) is 6.10. The first-order chi connectivity index (χ1) is 9.08. The third-order valence-electron chi connectivity index (χ3n) is 2.89. The fourth-order valence-corrected chi connectivity index (χ4v) is 3.97. The summed E-state index contributed by atoms with van der Waals surface area (Å²) in [4.78, 5) is 1.19. The van der Waals surface area contributed by atoms with Crippen LogP contribution in [0.4, 0.5) is 0 Å². The molecule has 1 atom stereocenters. The maximum absolute atomic E-state index is 5.49. The van der Waals surface area contributed by atoms with Crippen LogP contribution in [0.3, 0.4) is 0 Å². The van der Waals surface area contributed by atoms with Gasteiger partial charge in [0.05, 0.1) is 23.9 Å². The maximum atomic E-state index is 5.49. The van der Waals surface area contributed by atoms with Crippen LogP contribution in [-0.4, -0.2) is 14.2 Å². The molecule has 0 aliphatic heterocycles. The number of hydrogen-bond acceptors (Lipinski definition) is 3. The van der Waals surface area contributed by atoms with Crippen molar-refractivity contribution in [2.75, 3.05) is 14.2 Å². The Balaban J connectivity index is 2.49. The van der Waals surface area contributed by atoms with Crippen molar-refractivity contribution in [2.24, 2.45) is 0 Å². The highest BCUT2D eigenvalue weighted by atomic mass is 79.9. The zero-order valence-electron chi connectivity index (χ0n) is 10.9. The van der Waals surface area contributed by atoms with Gasteiger partial charge in [0, 0.05) is 10.0 Å². The Kier molecular flexibility index (Phi) is 4.92. The first-order valence-corrected chi connectivity index (χ1v) is 8.26. The fraction of sp³-hybridized carbons (Fsp3) is 0.286. The molecule has 1 heterocycles. The van der Waals surface area contributed by atoms with Crippen LogP contribution in [0, 0.1) is 6.92 Å². The molecule has 0 aliphatic rings. The topological polar surface area (TPSA) is 18.5 Å². The van der Waals surface area contributed by atoms with Crippen LogP contribution in [0.2, 0.25) is 0 Å². The monoisotopic (exact) mass is 404 g/mol. The number of benzene rings is 1. The van der Waals surface area contributed by atoms with Crippen LogP contribution in [0.15, 0.2) is 28.1 Å². The molecule has 0 fully saturated rings. The largest absolute Gasteiger partial charge is 0.496 e. The number of ether oxygens (including phenoxy) is 2. The lowest BCUT2D eigenvalue weighted by Crippen LogP contribution is -1.98.